The Morgan fingerprint density at radius 1 is 1.16 bits per heavy atom. The molecular formula is C22H26N6O3. The number of aryl methyl sites for hydroxylation is 2. The van der Waals surface area contributed by atoms with Crippen LogP contribution in [0.1, 0.15) is 15.9 Å². The van der Waals surface area contributed by atoms with E-state index in [4.69, 9.17) is 4.74 Å². The first-order chi connectivity index (χ1) is 15.0. The van der Waals surface area contributed by atoms with Crippen molar-refractivity contribution in [3.8, 4) is 11.4 Å². The van der Waals surface area contributed by atoms with Gasteiger partial charge in [-0.1, -0.05) is 6.07 Å². The Bertz CT molecular complexity index is 1120. The average molecular weight is 422 g/mol. The molecule has 0 spiro atoms. The lowest BCUT2D eigenvalue weighted by atomic mass is 10.1. The number of aromatic nitrogens is 4. The van der Waals surface area contributed by atoms with Gasteiger partial charge in [0.2, 0.25) is 0 Å². The minimum absolute atomic E-state index is 0.144. The van der Waals surface area contributed by atoms with Crippen LogP contribution in [-0.2, 0) is 18.3 Å². The molecule has 3 aromatic heterocycles. The number of carbonyl (C=O) groups excluding carboxylic acids is 1. The standard InChI is InChI=1S/C22H26N6O3/c1-16-6-8-28(10-9-27-11-13-31-14-12-27)22(30)20(16)21(29)24-19-15-18(25-26(19)2)17-5-3-4-7-23-17/h3-8,15H,9-14H2,1-2H3,(H,24,29). The number of nitrogens with one attached hydrogen (secondary N) is 1. The summed E-state index contributed by atoms with van der Waals surface area (Å²) < 4.78 is 8.53. The van der Waals surface area contributed by atoms with Gasteiger partial charge in [0.05, 0.1) is 18.9 Å². The molecule has 0 aromatic carbocycles. The van der Waals surface area contributed by atoms with E-state index in [2.05, 4.69) is 20.3 Å². The minimum Gasteiger partial charge on any atom is -0.379 e. The zero-order chi connectivity index (χ0) is 21.8. The van der Waals surface area contributed by atoms with Crippen molar-refractivity contribution < 1.29 is 9.53 Å². The highest BCUT2D eigenvalue weighted by atomic mass is 16.5. The Kier molecular flexibility index (Phi) is 6.24. The zero-order valence-electron chi connectivity index (χ0n) is 17.7. The van der Waals surface area contributed by atoms with Crippen LogP contribution >= 0.6 is 0 Å². The molecule has 9 nitrogen and oxygen atoms in total. The van der Waals surface area contributed by atoms with E-state index in [-0.39, 0.29) is 11.1 Å². The van der Waals surface area contributed by atoms with Crippen LogP contribution in [0.25, 0.3) is 11.4 Å². The molecule has 4 rings (SSSR count). The predicted molar refractivity (Wildman–Crippen MR) is 117 cm³/mol. The second-order valence-electron chi connectivity index (χ2n) is 7.53. The maximum Gasteiger partial charge on any atom is 0.263 e. The van der Waals surface area contributed by atoms with Crippen LogP contribution in [0.15, 0.2) is 47.5 Å². The SMILES string of the molecule is Cc1ccn(CCN2CCOCC2)c(=O)c1C(=O)Nc1cc(-c2ccccn2)nn1C. The Hall–Kier alpha value is -3.30. The van der Waals surface area contributed by atoms with Gasteiger partial charge in [-0.25, -0.2) is 0 Å². The lowest BCUT2D eigenvalue weighted by Crippen LogP contribution is -2.40. The highest BCUT2D eigenvalue weighted by Gasteiger charge is 2.19. The van der Waals surface area contributed by atoms with Crippen LogP contribution in [-0.4, -0.2) is 63.0 Å². The first-order valence-corrected chi connectivity index (χ1v) is 10.3. The topological polar surface area (TPSA) is 94.3 Å². The molecule has 1 N–H and O–H groups in total. The number of amides is 1. The fraction of sp³-hybridized carbons (Fsp3) is 0.364. The molecule has 1 aliphatic heterocycles. The smallest absolute Gasteiger partial charge is 0.263 e. The highest BCUT2D eigenvalue weighted by Crippen LogP contribution is 2.19. The van der Waals surface area contributed by atoms with E-state index in [0.717, 1.165) is 19.6 Å². The van der Waals surface area contributed by atoms with Gasteiger partial charge in [0.1, 0.15) is 17.1 Å². The van der Waals surface area contributed by atoms with Gasteiger partial charge in [-0.2, -0.15) is 5.10 Å². The third-order valence-corrected chi connectivity index (χ3v) is 5.41. The molecule has 0 bridgehead atoms. The molecule has 4 heterocycles. The zero-order valence-corrected chi connectivity index (χ0v) is 17.7. The fourth-order valence-corrected chi connectivity index (χ4v) is 3.59. The maximum absolute atomic E-state index is 13.0. The van der Waals surface area contributed by atoms with Crippen molar-refractivity contribution in [1.82, 2.24) is 24.2 Å². The van der Waals surface area contributed by atoms with Crippen molar-refractivity contribution in [2.75, 3.05) is 38.2 Å². The fourth-order valence-electron chi connectivity index (χ4n) is 3.59. The van der Waals surface area contributed by atoms with E-state index in [1.54, 1.807) is 47.7 Å². The summed E-state index contributed by atoms with van der Waals surface area (Å²) >= 11 is 0. The highest BCUT2D eigenvalue weighted by molar-refractivity contribution is 6.04. The molecule has 0 unspecified atom stereocenters. The number of hydrogen-bond acceptors (Lipinski definition) is 6. The summed E-state index contributed by atoms with van der Waals surface area (Å²) in [5.74, 6) is 0.0481. The van der Waals surface area contributed by atoms with E-state index >= 15 is 0 Å². The Balaban J connectivity index is 1.52. The average Bonchev–Trinajstić information content (AvgIpc) is 3.15. The number of ether oxygens (including phenoxy) is 1. The summed E-state index contributed by atoms with van der Waals surface area (Å²) in [5.41, 5.74) is 1.84. The molecule has 3 aromatic rings. The monoisotopic (exact) mass is 422 g/mol. The molecule has 0 aliphatic carbocycles. The third kappa shape index (κ3) is 4.73. The molecule has 1 aliphatic rings. The van der Waals surface area contributed by atoms with Crippen LogP contribution in [0, 0.1) is 6.92 Å². The number of pyridine rings is 2. The van der Waals surface area contributed by atoms with Crippen molar-refractivity contribution in [1.29, 1.82) is 0 Å². The summed E-state index contributed by atoms with van der Waals surface area (Å²) in [7, 11) is 1.74. The van der Waals surface area contributed by atoms with Crippen LogP contribution < -0.4 is 10.9 Å². The summed E-state index contributed by atoms with van der Waals surface area (Å²) in [6, 6.07) is 9.11. The van der Waals surface area contributed by atoms with Crippen molar-refractivity contribution in [3.05, 3.63) is 64.2 Å². The van der Waals surface area contributed by atoms with E-state index in [1.165, 1.54) is 0 Å². The molecule has 1 fully saturated rings. The van der Waals surface area contributed by atoms with Crippen molar-refractivity contribution in [2.24, 2.45) is 7.05 Å². The van der Waals surface area contributed by atoms with Gasteiger partial charge in [-0.3, -0.25) is 24.2 Å². The number of morpholine rings is 1. The van der Waals surface area contributed by atoms with E-state index in [9.17, 15) is 9.59 Å². The van der Waals surface area contributed by atoms with Crippen molar-refractivity contribution in [3.63, 3.8) is 0 Å². The Morgan fingerprint density at radius 2 is 1.97 bits per heavy atom. The maximum atomic E-state index is 13.0. The van der Waals surface area contributed by atoms with Gasteiger partial charge < -0.3 is 14.6 Å². The lowest BCUT2D eigenvalue weighted by Gasteiger charge is -2.26. The number of rotatable bonds is 6. The Labute approximate surface area is 180 Å². The second kappa shape index (κ2) is 9.23. The quantitative estimate of drug-likeness (QED) is 0.648. The van der Waals surface area contributed by atoms with Crippen molar-refractivity contribution in [2.45, 2.75) is 13.5 Å². The second-order valence-corrected chi connectivity index (χ2v) is 7.53. The van der Waals surface area contributed by atoms with Crippen LogP contribution in [0.4, 0.5) is 5.82 Å². The lowest BCUT2D eigenvalue weighted by molar-refractivity contribution is 0.0363. The van der Waals surface area contributed by atoms with E-state index in [1.807, 2.05) is 18.2 Å². The summed E-state index contributed by atoms with van der Waals surface area (Å²) in [6.07, 6.45) is 3.44. The molecule has 1 saturated heterocycles. The number of carbonyl (C=O) groups is 1. The molecule has 0 atom stereocenters. The third-order valence-electron chi connectivity index (χ3n) is 5.41. The van der Waals surface area contributed by atoms with Crippen LogP contribution in [0.2, 0.25) is 0 Å². The van der Waals surface area contributed by atoms with E-state index in [0.29, 0.717) is 42.5 Å². The number of nitrogens with zero attached hydrogens (tertiary/aromatic N) is 5. The van der Waals surface area contributed by atoms with Gasteiger partial charge in [0.25, 0.3) is 11.5 Å². The van der Waals surface area contributed by atoms with Crippen molar-refractivity contribution >= 4 is 11.7 Å². The predicted octanol–water partition coefficient (Wildman–Crippen LogP) is 1.54. The molecular weight excluding hydrogens is 396 g/mol. The minimum atomic E-state index is -0.446. The number of hydrogen-bond donors (Lipinski definition) is 1. The first-order valence-electron chi connectivity index (χ1n) is 10.3. The molecule has 162 valence electrons. The van der Waals surface area contributed by atoms with Gasteiger partial charge in [-0.15, -0.1) is 0 Å². The normalized spacial score (nSPS) is 14.5. The summed E-state index contributed by atoms with van der Waals surface area (Å²) in [6.45, 7) is 6.16. The van der Waals surface area contributed by atoms with Gasteiger partial charge in [-0.05, 0) is 30.7 Å². The molecule has 31 heavy (non-hydrogen) atoms. The van der Waals surface area contributed by atoms with E-state index < -0.39 is 5.91 Å². The molecule has 0 radical (unpaired) electrons. The largest absolute Gasteiger partial charge is 0.379 e. The molecule has 9 heteroatoms. The van der Waals surface area contributed by atoms with Crippen LogP contribution in [0.5, 0.6) is 0 Å². The first kappa shape index (κ1) is 21.0. The van der Waals surface area contributed by atoms with Gasteiger partial charge in [0, 0.05) is 51.7 Å². The molecule has 1 amide bonds. The summed E-state index contributed by atoms with van der Waals surface area (Å²) in [5, 5.41) is 7.24. The summed E-state index contributed by atoms with van der Waals surface area (Å²) in [4.78, 5) is 32.6. The molecule has 0 saturated carbocycles. The van der Waals surface area contributed by atoms with Gasteiger partial charge in [0.15, 0.2) is 0 Å². The number of anilines is 1. The van der Waals surface area contributed by atoms with Crippen LogP contribution in [0.3, 0.4) is 0 Å². The Morgan fingerprint density at radius 3 is 2.71 bits per heavy atom. The van der Waals surface area contributed by atoms with Gasteiger partial charge >= 0.3 is 0 Å².